The van der Waals surface area contributed by atoms with Crippen LogP contribution < -0.4 is 9.47 Å². The second kappa shape index (κ2) is 4.74. The van der Waals surface area contributed by atoms with Crippen LogP contribution in [0, 0.1) is 0 Å². The van der Waals surface area contributed by atoms with E-state index in [9.17, 15) is 0 Å². The summed E-state index contributed by atoms with van der Waals surface area (Å²) in [5.74, 6) is 2.72. The van der Waals surface area contributed by atoms with Crippen LogP contribution in [-0.4, -0.2) is 29.0 Å². The van der Waals surface area contributed by atoms with Gasteiger partial charge in [0.15, 0.2) is 11.5 Å². The van der Waals surface area contributed by atoms with Crippen molar-refractivity contribution in [2.75, 3.05) is 14.2 Å². The van der Waals surface area contributed by atoms with E-state index >= 15 is 0 Å². The molecule has 0 radical (unpaired) electrons. The smallest absolute Gasteiger partial charge is 0.229 e. The summed E-state index contributed by atoms with van der Waals surface area (Å²) >= 11 is 6.14. The number of halogens is 1. The zero-order valence-corrected chi connectivity index (χ0v) is 11.5. The Morgan fingerprint density at radius 3 is 2.53 bits per heavy atom. The van der Waals surface area contributed by atoms with E-state index in [-0.39, 0.29) is 0 Å². The number of methoxy groups -OCH3 is 2. The van der Waals surface area contributed by atoms with E-state index in [0.29, 0.717) is 22.7 Å². The molecular formula is C13H14ClN3O2. The molecule has 3 rings (SSSR count). The van der Waals surface area contributed by atoms with Crippen LogP contribution in [0.4, 0.5) is 0 Å². The monoisotopic (exact) mass is 279 g/mol. The number of aromatic nitrogens is 3. The number of ether oxygens (including phenoxy) is 2. The van der Waals surface area contributed by atoms with Crippen LogP contribution in [0.15, 0.2) is 18.2 Å². The first-order valence-electron chi connectivity index (χ1n) is 6.07. The summed E-state index contributed by atoms with van der Waals surface area (Å²) in [5.41, 5.74) is 0.884. The van der Waals surface area contributed by atoms with Crippen molar-refractivity contribution in [2.24, 2.45) is 0 Å². The van der Waals surface area contributed by atoms with Crippen molar-refractivity contribution in [1.29, 1.82) is 0 Å². The van der Waals surface area contributed by atoms with E-state index in [2.05, 4.69) is 10.2 Å². The molecule has 100 valence electrons. The van der Waals surface area contributed by atoms with Crippen LogP contribution in [0.1, 0.15) is 24.6 Å². The molecular weight excluding hydrogens is 266 g/mol. The van der Waals surface area contributed by atoms with Gasteiger partial charge in [0.1, 0.15) is 5.82 Å². The van der Waals surface area contributed by atoms with Crippen molar-refractivity contribution in [3.8, 4) is 17.2 Å². The molecule has 1 aliphatic carbocycles. The zero-order chi connectivity index (χ0) is 13.4. The molecule has 0 aliphatic heterocycles. The third-order valence-electron chi connectivity index (χ3n) is 3.22. The molecule has 19 heavy (non-hydrogen) atoms. The molecule has 1 saturated carbocycles. The minimum atomic E-state index is 0.370. The summed E-state index contributed by atoms with van der Waals surface area (Å²) in [6.45, 7) is 0. The molecule has 0 unspecified atom stereocenters. The second-order valence-corrected chi connectivity index (χ2v) is 4.81. The van der Waals surface area contributed by atoms with Gasteiger partial charge in [0, 0.05) is 12.0 Å². The van der Waals surface area contributed by atoms with Gasteiger partial charge in [0.05, 0.1) is 19.9 Å². The first-order chi connectivity index (χ1) is 9.24. The Kier molecular flexibility index (Phi) is 3.06. The van der Waals surface area contributed by atoms with Gasteiger partial charge in [-0.1, -0.05) is 0 Å². The van der Waals surface area contributed by atoms with E-state index in [1.807, 2.05) is 22.8 Å². The third kappa shape index (κ3) is 2.14. The highest BCUT2D eigenvalue weighted by Crippen LogP contribution is 2.41. The van der Waals surface area contributed by atoms with Crippen molar-refractivity contribution >= 4 is 11.6 Å². The number of benzene rings is 1. The number of hydrogen-bond donors (Lipinski definition) is 0. The maximum Gasteiger partial charge on any atom is 0.229 e. The molecule has 0 amide bonds. The van der Waals surface area contributed by atoms with Crippen LogP contribution in [0.3, 0.4) is 0 Å². The lowest BCUT2D eigenvalue weighted by Gasteiger charge is -2.11. The van der Waals surface area contributed by atoms with E-state index in [0.717, 1.165) is 24.4 Å². The molecule has 1 fully saturated rings. The summed E-state index contributed by atoms with van der Waals surface area (Å²) in [6.07, 6.45) is 2.28. The fourth-order valence-corrected chi connectivity index (χ4v) is 2.31. The van der Waals surface area contributed by atoms with E-state index in [1.54, 1.807) is 14.2 Å². The Hall–Kier alpha value is -1.75. The van der Waals surface area contributed by atoms with Gasteiger partial charge in [0.2, 0.25) is 5.28 Å². The second-order valence-electron chi connectivity index (χ2n) is 4.48. The lowest BCUT2D eigenvalue weighted by atomic mass is 10.2. The maximum atomic E-state index is 6.14. The molecule has 1 aromatic heterocycles. The minimum absolute atomic E-state index is 0.370. The van der Waals surface area contributed by atoms with Gasteiger partial charge in [-0.25, -0.2) is 0 Å². The zero-order valence-electron chi connectivity index (χ0n) is 10.8. The predicted molar refractivity (Wildman–Crippen MR) is 71.4 cm³/mol. The normalized spacial score (nSPS) is 14.5. The summed E-state index contributed by atoms with van der Waals surface area (Å²) in [5, 5.41) is 8.49. The highest BCUT2D eigenvalue weighted by molar-refractivity contribution is 6.28. The fraction of sp³-hybridized carbons (Fsp3) is 0.385. The van der Waals surface area contributed by atoms with E-state index in [4.69, 9.17) is 21.1 Å². The van der Waals surface area contributed by atoms with Gasteiger partial charge < -0.3 is 9.47 Å². The average Bonchev–Trinajstić information content (AvgIpc) is 3.21. The topological polar surface area (TPSA) is 49.2 Å². The molecule has 0 spiro atoms. The quantitative estimate of drug-likeness (QED) is 0.863. The summed E-state index contributed by atoms with van der Waals surface area (Å²) in [7, 11) is 3.22. The lowest BCUT2D eigenvalue weighted by molar-refractivity contribution is 0.355. The van der Waals surface area contributed by atoms with E-state index < -0.39 is 0 Å². The third-order valence-corrected chi connectivity index (χ3v) is 3.46. The van der Waals surface area contributed by atoms with Crippen molar-refractivity contribution in [1.82, 2.24) is 14.8 Å². The Labute approximate surface area is 116 Å². The number of nitrogens with zero attached hydrogens (tertiary/aromatic N) is 3. The summed E-state index contributed by atoms with van der Waals surface area (Å²) < 4.78 is 12.4. The molecule has 1 aromatic carbocycles. The van der Waals surface area contributed by atoms with Crippen LogP contribution in [0.2, 0.25) is 5.28 Å². The Balaban J connectivity index is 2.09. The summed E-state index contributed by atoms with van der Waals surface area (Å²) in [6, 6.07) is 5.64. The SMILES string of the molecule is COc1ccc(-n2c(Cl)nnc2C2CC2)cc1OC. The van der Waals surface area contributed by atoms with Crippen LogP contribution in [-0.2, 0) is 0 Å². The maximum absolute atomic E-state index is 6.14. The van der Waals surface area contributed by atoms with Gasteiger partial charge in [0.25, 0.3) is 0 Å². The van der Waals surface area contributed by atoms with Crippen molar-refractivity contribution in [3.05, 3.63) is 29.3 Å². The largest absolute Gasteiger partial charge is 0.493 e. The molecule has 0 bridgehead atoms. The van der Waals surface area contributed by atoms with Crippen LogP contribution in [0.5, 0.6) is 11.5 Å². The van der Waals surface area contributed by atoms with Crippen molar-refractivity contribution in [2.45, 2.75) is 18.8 Å². The van der Waals surface area contributed by atoms with Crippen LogP contribution >= 0.6 is 11.6 Å². The van der Waals surface area contributed by atoms with Crippen LogP contribution in [0.25, 0.3) is 5.69 Å². The van der Waals surface area contributed by atoms with Gasteiger partial charge in [-0.3, -0.25) is 4.57 Å². The minimum Gasteiger partial charge on any atom is -0.493 e. The highest BCUT2D eigenvalue weighted by atomic mass is 35.5. The highest BCUT2D eigenvalue weighted by Gasteiger charge is 2.30. The Morgan fingerprint density at radius 2 is 1.89 bits per heavy atom. The predicted octanol–water partition coefficient (Wildman–Crippen LogP) is 2.82. The molecule has 0 atom stereocenters. The lowest BCUT2D eigenvalue weighted by Crippen LogP contribution is -2.01. The average molecular weight is 280 g/mol. The molecule has 1 heterocycles. The number of hydrogen-bond acceptors (Lipinski definition) is 4. The Morgan fingerprint density at radius 1 is 1.16 bits per heavy atom. The first kappa shape index (κ1) is 12.3. The molecule has 1 aliphatic rings. The van der Waals surface area contributed by atoms with Gasteiger partial charge in [-0.2, -0.15) is 0 Å². The number of rotatable bonds is 4. The molecule has 2 aromatic rings. The van der Waals surface area contributed by atoms with Gasteiger partial charge in [-0.05, 0) is 36.6 Å². The molecule has 0 N–H and O–H groups in total. The van der Waals surface area contributed by atoms with Gasteiger partial charge in [-0.15, -0.1) is 10.2 Å². The molecule has 5 nitrogen and oxygen atoms in total. The van der Waals surface area contributed by atoms with Crippen molar-refractivity contribution in [3.63, 3.8) is 0 Å². The molecule has 0 saturated heterocycles. The fourth-order valence-electron chi connectivity index (χ4n) is 2.09. The summed E-state index contributed by atoms with van der Waals surface area (Å²) in [4.78, 5) is 0. The molecule has 6 heteroatoms. The van der Waals surface area contributed by atoms with E-state index in [1.165, 1.54) is 0 Å². The standard InChI is InChI=1S/C13H14ClN3O2/c1-18-10-6-5-9(7-11(10)19-2)17-12(8-3-4-8)15-16-13(17)14/h5-8H,3-4H2,1-2H3. The van der Waals surface area contributed by atoms with Gasteiger partial charge >= 0.3 is 0 Å². The Bertz CT molecular complexity index is 608. The van der Waals surface area contributed by atoms with Crippen molar-refractivity contribution < 1.29 is 9.47 Å². The first-order valence-corrected chi connectivity index (χ1v) is 6.45.